The van der Waals surface area contributed by atoms with Gasteiger partial charge in [-0.1, -0.05) is 30.3 Å². The molecule has 27 heavy (non-hydrogen) atoms. The van der Waals surface area contributed by atoms with E-state index in [0.717, 1.165) is 31.0 Å². The van der Waals surface area contributed by atoms with Crippen LogP contribution in [0.4, 0.5) is 8.78 Å². The van der Waals surface area contributed by atoms with Crippen LogP contribution in [0.5, 0.6) is 5.75 Å². The van der Waals surface area contributed by atoms with Crippen molar-refractivity contribution >= 4 is 5.91 Å². The Balaban J connectivity index is 1.82. The summed E-state index contributed by atoms with van der Waals surface area (Å²) < 4.78 is 33.3. The molecule has 0 radical (unpaired) electrons. The highest BCUT2D eigenvalue weighted by atomic mass is 19.1. The number of amides is 1. The van der Waals surface area contributed by atoms with Crippen molar-refractivity contribution in [3.8, 4) is 11.8 Å². The van der Waals surface area contributed by atoms with Crippen LogP contribution in [0.1, 0.15) is 31.4 Å². The summed E-state index contributed by atoms with van der Waals surface area (Å²) in [5.74, 6) is -2.51. The molecule has 0 aliphatic heterocycles. The molecule has 4 nitrogen and oxygen atoms in total. The van der Waals surface area contributed by atoms with Gasteiger partial charge in [0.05, 0.1) is 12.1 Å². The zero-order valence-electron chi connectivity index (χ0n) is 14.9. The van der Waals surface area contributed by atoms with E-state index in [9.17, 15) is 18.8 Å². The van der Waals surface area contributed by atoms with Crippen LogP contribution in [-0.2, 0) is 4.79 Å². The van der Waals surface area contributed by atoms with Gasteiger partial charge in [0.15, 0.2) is 11.6 Å². The fourth-order valence-corrected chi connectivity index (χ4v) is 3.00. The maximum absolute atomic E-state index is 14.0. The van der Waals surface area contributed by atoms with E-state index in [1.54, 1.807) is 31.2 Å². The average molecular weight is 370 g/mol. The fourth-order valence-electron chi connectivity index (χ4n) is 3.00. The largest absolute Gasteiger partial charge is 0.480 e. The molecule has 0 aromatic heterocycles. The van der Waals surface area contributed by atoms with Crippen molar-refractivity contribution in [2.24, 2.45) is 11.8 Å². The van der Waals surface area contributed by atoms with Gasteiger partial charge in [-0.3, -0.25) is 4.79 Å². The third kappa shape index (κ3) is 4.62. The maximum Gasteiger partial charge on any atom is 0.237 e. The third-order valence-electron chi connectivity index (χ3n) is 4.61. The van der Waals surface area contributed by atoms with Gasteiger partial charge in [0.25, 0.3) is 0 Å². The molecule has 6 heteroatoms. The minimum absolute atomic E-state index is 0.0963. The maximum atomic E-state index is 14.0. The van der Waals surface area contributed by atoms with Crippen molar-refractivity contribution in [3.05, 3.63) is 65.7 Å². The minimum atomic E-state index is -0.745. The number of nitrogens with zero attached hydrogens (tertiary/aromatic N) is 1. The van der Waals surface area contributed by atoms with Crippen LogP contribution in [0.2, 0.25) is 0 Å². The number of benzene rings is 2. The molecule has 140 valence electrons. The van der Waals surface area contributed by atoms with Crippen LogP contribution in [-0.4, -0.2) is 11.9 Å². The summed E-state index contributed by atoms with van der Waals surface area (Å²) in [6.45, 7) is 1.72. The van der Waals surface area contributed by atoms with E-state index in [4.69, 9.17) is 4.74 Å². The van der Waals surface area contributed by atoms with E-state index < -0.39 is 29.7 Å². The van der Waals surface area contributed by atoms with Gasteiger partial charge in [-0.25, -0.2) is 8.78 Å². The van der Waals surface area contributed by atoms with Gasteiger partial charge in [-0.05, 0) is 43.4 Å². The van der Waals surface area contributed by atoms with E-state index in [1.807, 2.05) is 6.07 Å². The first-order valence-electron chi connectivity index (χ1n) is 8.86. The van der Waals surface area contributed by atoms with Gasteiger partial charge >= 0.3 is 0 Å². The smallest absolute Gasteiger partial charge is 0.237 e. The SMILES string of the molecule is C[C@@H](NC(=O)C(C#N)C1CC1)[C@@H](Oc1cc(F)ccc1F)c1ccccc1. The Kier molecular flexibility index (Phi) is 5.70. The highest BCUT2D eigenvalue weighted by molar-refractivity contribution is 5.82. The van der Waals surface area contributed by atoms with Crippen LogP contribution in [0.15, 0.2) is 48.5 Å². The summed E-state index contributed by atoms with van der Waals surface area (Å²) in [6.07, 6.45) is 0.991. The number of carbonyl (C=O) groups is 1. The zero-order chi connectivity index (χ0) is 19.4. The molecule has 1 saturated carbocycles. The number of ether oxygens (including phenoxy) is 1. The first-order valence-corrected chi connectivity index (χ1v) is 8.86. The topological polar surface area (TPSA) is 62.1 Å². The van der Waals surface area contributed by atoms with Crippen molar-refractivity contribution < 1.29 is 18.3 Å². The minimum Gasteiger partial charge on any atom is -0.480 e. The second-order valence-corrected chi connectivity index (χ2v) is 6.77. The molecule has 0 bridgehead atoms. The van der Waals surface area contributed by atoms with Gasteiger partial charge in [-0.2, -0.15) is 5.26 Å². The van der Waals surface area contributed by atoms with Crippen molar-refractivity contribution in [1.82, 2.24) is 5.32 Å². The molecule has 2 aromatic carbocycles. The van der Waals surface area contributed by atoms with Gasteiger partial charge in [0.2, 0.25) is 5.91 Å². The second-order valence-electron chi connectivity index (χ2n) is 6.77. The van der Waals surface area contributed by atoms with Crippen LogP contribution >= 0.6 is 0 Å². The molecule has 1 amide bonds. The van der Waals surface area contributed by atoms with Gasteiger partial charge in [0, 0.05) is 6.07 Å². The van der Waals surface area contributed by atoms with Crippen molar-refractivity contribution in [2.45, 2.75) is 31.9 Å². The standard InChI is InChI=1S/C21H20F2N2O2/c1-13(25-21(26)17(12-24)14-7-8-14)20(15-5-3-2-4-6-15)27-19-11-16(22)9-10-18(19)23/h2-6,9-11,13-14,17,20H,7-8H2,1H3,(H,25,26)/t13-,17?,20-/m1/s1. The second kappa shape index (κ2) is 8.17. The molecule has 3 rings (SSSR count). The molecule has 3 atom stereocenters. The summed E-state index contributed by atoms with van der Waals surface area (Å²) in [7, 11) is 0. The number of nitrogens with one attached hydrogen (secondary N) is 1. The first-order chi connectivity index (χ1) is 13.0. The molecule has 1 aliphatic rings. The Bertz CT molecular complexity index is 847. The van der Waals surface area contributed by atoms with E-state index in [0.29, 0.717) is 5.56 Å². The van der Waals surface area contributed by atoms with Crippen LogP contribution in [0, 0.1) is 34.8 Å². The quantitative estimate of drug-likeness (QED) is 0.797. The number of hydrogen-bond acceptors (Lipinski definition) is 3. The summed E-state index contributed by atoms with van der Waals surface area (Å²) in [5.41, 5.74) is 0.703. The number of rotatable bonds is 7. The molecule has 0 saturated heterocycles. The molecule has 1 aliphatic carbocycles. The number of carbonyl (C=O) groups excluding carboxylic acids is 1. The summed E-state index contributed by atoms with van der Waals surface area (Å²) >= 11 is 0. The monoisotopic (exact) mass is 370 g/mol. The fraction of sp³-hybridized carbons (Fsp3) is 0.333. The Morgan fingerprint density at radius 1 is 1.22 bits per heavy atom. The molecule has 0 spiro atoms. The molecule has 2 aromatic rings. The predicted octanol–water partition coefficient (Wildman–Crippen LogP) is 4.14. The summed E-state index contributed by atoms with van der Waals surface area (Å²) in [6, 6.07) is 13.5. The average Bonchev–Trinajstić information content (AvgIpc) is 3.48. The number of hydrogen-bond donors (Lipinski definition) is 1. The van der Waals surface area contributed by atoms with E-state index in [-0.39, 0.29) is 17.6 Å². The number of halogens is 2. The molecular weight excluding hydrogens is 350 g/mol. The molecule has 1 unspecified atom stereocenters. The summed E-state index contributed by atoms with van der Waals surface area (Å²) in [5, 5.41) is 12.0. The molecule has 0 heterocycles. The highest BCUT2D eigenvalue weighted by Gasteiger charge is 2.37. The van der Waals surface area contributed by atoms with Crippen LogP contribution in [0.25, 0.3) is 0 Å². The summed E-state index contributed by atoms with van der Waals surface area (Å²) in [4.78, 5) is 12.5. The van der Waals surface area contributed by atoms with Crippen LogP contribution in [0.3, 0.4) is 0 Å². The lowest BCUT2D eigenvalue weighted by Crippen LogP contribution is -2.42. The lowest BCUT2D eigenvalue weighted by Gasteiger charge is -2.27. The van der Waals surface area contributed by atoms with Gasteiger partial charge in [-0.15, -0.1) is 0 Å². The Morgan fingerprint density at radius 2 is 1.93 bits per heavy atom. The highest BCUT2D eigenvalue weighted by Crippen LogP contribution is 2.37. The van der Waals surface area contributed by atoms with Crippen molar-refractivity contribution in [2.75, 3.05) is 0 Å². The van der Waals surface area contributed by atoms with Crippen LogP contribution < -0.4 is 10.1 Å². The number of nitriles is 1. The van der Waals surface area contributed by atoms with E-state index in [1.165, 1.54) is 0 Å². The van der Waals surface area contributed by atoms with E-state index >= 15 is 0 Å². The first kappa shape index (κ1) is 18.8. The van der Waals surface area contributed by atoms with E-state index in [2.05, 4.69) is 11.4 Å². The Morgan fingerprint density at radius 3 is 2.56 bits per heavy atom. The lowest BCUT2D eigenvalue weighted by molar-refractivity contribution is -0.125. The molecule has 1 fully saturated rings. The molecular formula is C21H20F2N2O2. The zero-order valence-corrected chi connectivity index (χ0v) is 14.9. The Hall–Kier alpha value is -2.94. The van der Waals surface area contributed by atoms with Gasteiger partial charge in [0.1, 0.15) is 17.8 Å². The normalized spacial score (nSPS) is 16.7. The van der Waals surface area contributed by atoms with Crippen molar-refractivity contribution in [3.63, 3.8) is 0 Å². The third-order valence-corrected chi connectivity index (χ3v) is 4.61. The molecule has 1 N–H and O–H groups in total. The lowest BCUT2D eigenvalue weighted by atomic mass is 10.0. The van der Waals surface area contributed by atoms with Gasteiger partial charge < -0.3 is 10.1 Å². The van der Waals surface area contributed by atoms with Crippen molar-refractivity contribution in [1.29, 1.82) is 5.26 Å². The predicted molar refractivity (Wildman–Crippen MR) is 95.6 cm³/mol. The Labute approximate surface area is 156 Å².